The summed E-state index contributed by atoms with van der Waals surface area (Å²) in [7, 11) is 0. The number of halogens is 3. The highest BCUT2D eigenvalue weighted by Gasteiger charge is 2.36. The number of nitrogens with one attached hydrogen (secondary N) is 2. The number of carbonyl (C=O) groups excluding carboxylic acids is 3. The van der Waals surface area contributed by atoms with Crippen LogP contribution < -0.4 is 10.6 Å². The van der Waals surface area contributed by atoms with E-state index in [1.54, 1.807) is 20.8 Å². The van der Waals surface area contributed by atoms with Crippen molar-refractivity contribution in [3.05, 3.63) is 17.2 Å². The Morgan fingerprint density at radius 2 is 1.89 bits per heavy atom. The smallest absolute Gasteiger partial charge is 0.444 e. The lowest BCUT2D eigenvalue weighted by Gasteiger charge is -2.36. The minimum Gasteiger partial charge on any atom is -0.444 e. The van der Waals surface area contributed by atoms with Gasteiger partial charge in [-0.2, -0.15) is 13.2 Å². The molecule has 9 nitrogen and oxygen atoms in total. The number of likely N-dealkylation sites (tertiary alicyclic amines) is 1. The molecule has 3 amide bonds. The van der Waals surface area contributed by atoms with E-state index in [2.05, 4.69) is 20.8 Å². The first-order chi connectivity index (χ1) is 16.2. The molecule has 2 N–H and O–H groups in total. The fourth-order valence-electron chi connectivity index (χ4n) is 3.45. The van der Waals surface area contributed by atoms with Crippen LogP contribution in [0.3, 0.4) is 0 Å². The van der Waals surface area contributed by atoms with Gasteiger partial charge in [0.1, 0.15) is 11.6 Å². The normalized spacial score (nSPS) is 18.0. The number of nitrogens with zero attached hydrogens (tertiary/aromatic N) is 3. The SMILES string of the molecule is CC(C)C[C@@H](C=CC(=O)Nc1nnc(C(F)(F)F)s1)NC(=O)[C@@H]1CCCCN1C(=O)OC(C)(C)C. The maximum atomic E-state index is 13.1. The summed E-state index contributed by atoms with van der Waals surface area (Å²) in [6.07, 6.45) is -0.0489. The van der Waals surface area contributed by atoms with E-state index in [9.17, 15) is 27.6 Å². The van der Waals surface area contributed by atoms with E-state index in [4.69, 9.17) is 4.74 Å². The minimum atomic E-state index is -4.64. The molecule has 1 saturated heterocycles. The minimum absolute atomic E-state index is 0.166. The van der Waals surface area contributed by atoms with E-state index in [1.807, 2.05) is 13.8 Å². The molecule has 0 bridgehead atoms. The van der Waals surface area contributed by atoms with Gasteiger partial charge in [0, 0.05) is 18.7 Å². The second-order valence-electron chi connectivity index (χ2n) is 9.69. The van der Waals surface area contributed by atoms with E-state index < -0.39 is 40.9 Å². The number of ether oxygens (including phenoxy) is 1. The summed E-state index contributed by atoms with van der Waals surface area (Å²) < 4.78 is 43.4. The van der Waals surface area contributed by atoms with E-state index in [1.165, 1.54) is 11.0 Å². The first-order valence-electron chi connectivity index (χ1n) is 11.4. The molecule has 0 aromatic carbocycles. The van der Waals surface area contributed by atoms with Gasteiger partial charge in [0.25, 0.3) is 0 Å². The van der Waals surface area contributed by atoms with Crippen molar-refractivity contribution in [1.82, 2.24) is 20.4 Å². The van der Waals surface area contributed by atoms with Crippen LogP contribution in [0.15, 0.2) is 12.2 Å². The monoisotopic (exact) mass is 519 g/mol. The number of piperidine rings is 1. The topological polar surface area (TPSA) is 114 Å². The zero-order valence-corrected chi connectivity index (χ0v) is 21.3. The average Bonchev–Trinajstić information content (AvgIpc) is 3.19. The third-order valence-corrected chi connectivity index (χ3v) is 5.75. The Labute approximate surface area is 206 Å². The van der Waals surface area contributed by atoms with Crippen LogP contribution in [0.1, 0.15) is 65.3 Å². The number of hydrogen-bond donors (Lipinski definition) is 2. The van der Waals surface area contributed by atoms with E-state index in [0.29, 0.717) is 19.4 Å². The Balaban J connectivity index is 2.05. The lowest BCUT2D eigenvalue weighted by molar-refractivity contribution is -0.138. The highest BCUT2D eigenvalue weighted by molar-refractivity contribution is 7.15. The quantitative estimate of drug-likeness (QED) is 0.517. The van der Waals surface area contributed by atoms with Gasteiger partial charge in [-0.15, -0.1) is 10.2 Å². The molecule has 0 spiro atoms. The molecule has 2 heterocycles. The summed E-state index contributed by atoms with van der Waals surface area (Å²) in [5.41, 5.74) is -0.695. The van der Waals surface area contributed by atoms with Crippen LogP contribution in [0, 0.1) is 5.92 Å². The number of carbonyl (C=O) groups is 3. The van der Waals surface area contributed by atoms with E-state index >= 15 is 0 Å². The molecule has 13 heteroatoms. The second-order valence-corrected chi connectivity index (χ2v) is 10.7. The third kappa shape index (κ3) is 9.46. The van der Waals surface area contributed by atoms with E-state index in [0.717, 1.165) is 18.9 Å². The summed E-state index contributed by atoms with van der Waals surface area (Å²) in [4.78, 5) is 39.3. The molecule has 0 unspecified atom stereocenters. The standard InChI is InChI=1S/C22H32F3N5O4S/c1-13(2)12-14(9-10-16(31)27-19-29-28-18(35-19)22(23,24)25)26-17(32)15-8-6-7-11-30(15)20(33)34-21(3,4)5/h9-10,13-15H,6-8,11-12H2,1-5H3,(H,26,32)(H,27,29,31)/t14-,15+/m1/s1. The molecule has 1 aliphatic rings. The molecular formula is C22H32F3N5O4S. The van der Waals surface area contributed by atoms with E-state index in [-0.39, 0.29) is 28.3 Å². The highest BCUT2D eigenvalue weighted by Crippen LogP contribution is 2.33. The summed E-state index contributed by atoms with van der Waals surface area (Å²) in [6, 6.07) is -1.23. The second kappa shape index (κ2) is 11.8. The predicted octanol–water partition coefficient (Wildman–Crippen LogP) is 4.37. The van der Waals surface area contributed by atoms with Crippen LogP contribution in [-0.2, 0) is 20.5 Å². The zero-order valence-electron chi connectivity index (χ0n) is 20.4. The Kier molecular flexibility index (Phi) is 9.64. The molecule has 1 aromatic heterocycles. The van der Waals surface area contributed by atoms with Gasteiger partial charge in [-0.05, 0) is 52.4 Å². The number of hydrogen-bond acceptors (Lipinski definition) is 7. The molecule has 0 aliphatic carbocycles. The van der Waals surface area contributed by atoms with Gasteiger partial charge in [0.05, 0.1) is 0 Å². The molecule has 1 fully saturated rings. The average molecular weight is 520 g/mol. The van der Waals surface area contributed by atoms with Crippen molar-refractivity contribution in [1.29, 1.82) is 0 Å². The Hall–Kier alpha value is -2.70. The number of aromatic nitrogens is 2. The predicted molar refractivity (Wildman–Crippen MR) is 125 cm³/mol. The summed E-state index contributed by atoms with van der Waals surface area (Å²) in [5, 5.41) is 10.0. The molecule has 2 atom stereocenters. The van der Waals surface area contributed by atoms with Crippen molar-refractivity contribution in [3.63, 3.8) is 0 Å². The van der Waals surface area contributed by atoms with Gasteiger partial charge in [0.15, 0.2) is 0 Å². The largest absolute Gasteiger partial charge is 0.445 e. The third-order valence-electron chi connectivity index (χ3n) is 4.86. The molecule has 1 aliphatic heterocycles. The van der Waals surface area contributed by atoms with Gasteiger partial charge in [0.2, 0.25) is 22.0 Å². The van der Waals surface area contributed by atoms with Crippen LogP contribution in [0.5, 0.6) is 0 Å². The summed E-state index contributed by atoms with van der Waals surface area (Å²) in [5.74, 6) is -0.894. The van der Waals surface area contributed by atoms with Crippen molar-refractivity contribution in [2.75, 3.05) is 11.9 Å². The van der Waals surface area contributed by atoms with Gasteiger partial charge in [-0.25, -0.2) is 4.79 Å². The lowest BCUT2D eigenvalue weighted by Crippen LogP contribution is -2.54. The van der Waals surface area contributed by atoms with Gasteiger partial charge >= 0.3 is 12.3 Å². The van der Waals surface area contributed by atoms with Gasteiger partial charge in [-0.1, -0.05) is 31.3 Å². The molecular weight excluding hydrogens is 487 g/mol. The Morgan fingerprint density at radius 3 is 2.46 bits per heavy atom. The van der Waals surface area contributed by atoms with Crippen LogP contribution in [-0.4, -0.2) is 57.2 Å². The number of alkyl halides is 3. The highest BCUT2D eigenvalue weighted by atomic mass is 32.1. The van der Waals surface area contributed by atoms with Gasteiger partial charge in [-0.3, -0.25) is 19.8 Å². The van der Waals surface area contributed by atoms with Gasteiger partial charge < -0.3 is 10.1 Å². The zero-order chi connectivity index (χ0) is 26.4. The first-order valence-corrected chi connectivity index (χ1v) is 12.2. The van der Waals surface area contributed by atoms with Crippen LogP contribution in [0.2, 0.25) is 0 Å². The lowest BCUT2D eigenvalue weighted by atomic mass is 9.99. The van der Waals surface area contributed by atoms with Crippen LogP contribution in [0.25, 0.3) is 0 Å². The Bertz CT molecular complexity index is 927. The fraction of sp³-hybridized carbons (Fsp3) is 0.682. The fourth-order valence-corrected chi connectivity index (χ4v) is 4.07. The summed E-state index contributed by atoms with van der Waals surface area (Å²) in [6.45, 7) is 9.56. The van der Waals surface area contributed by atoms with Crippen molar-refractivity contribution in [3.8, 4) is 0 Å². The molecule has 1 aromatic rings. The van der Waals surface area contributed by atoms with Crippen LogP contribution in [0.4, 0.5) is 23.1 Å². The molecule has 35 heavy (non-hydrogen) atoms. The summed E-state index contributed by atoms with van der Waals surface area (Å²) >= 11 is 0.217. The number of amides is 3. The van der Waals surface area contributed by atoms with Crippen molar-refractivity contribution < 1.29 is 32.3 Å². The first kappa shape index (κ1) is 28.5. The molecule has 196 valence electrons. The number of anilines is 1. The molecule has 0 saturated carbocycles. The Morgan fingerprint density at radius 1 is 1.20 bits per heavy atom. The molecule has 2 rings (SSSR count). The van der Waals surface area contributed by atoms with Crippen molar-refractivity contribution in [2.24, 2.45) is 5.92 Å². The van der Waals surface area contributed by atoms with Crippen LogP contribution >= 0.6 is 11.3 Å². The van der Waals surface area contributed by atoms with Crippen molar-refractivity contribution >= 4 is 34.4 Å². The number of rotatable bonds is 7. The van der Waals surface area contributed by atoms with Crippen molar-refractivity contribution in [2.45, 2.75) is 84.2 Å². The maximum absolute atomic E-state index is 13.1. The maximum Gasteiger partial charge on any atom is 0.445 e. The molecule has 0 radical (unpaired) electrons.